The van der Waals surface area contributed by atoms with Crippen LogP contribution in [0.25, 0.3) is 6.08 Å². The van der Waals surface area contributed by atoms with Crippen molar-refractivity contribution in [1.82, 2.24) is 4.98 Å². The zero-order valence-corrected chi connectivity index (χ0v) is 19.2. The molecule has 1 aliphatic carbocycles. The fourth-order valence-corrected chi connectivity index (χ4v) is 4.42. The molecule has 1 amide bonds. The number of hydrogen-bond donors (Lipinski definition) is 0. The van der Waals surface area contributed by atoms with Crippen molar-refractivity contribution in [3.8, 4) is 11.6 Å². The second kappa shape index (κ2) is 9.31. The summed E-state index contributed by atoms with van der Waals surface area (Å²) in [6.07, 6.45) is -0.418. The lowest BCUT2D eigenvalue weighted by Crippen LogP contribution is -2.48. The predicted octanol–water partition coefficient (Wildman–Crippen LogP) is 6.35. The van der Waals surface area contributed by atoms with Gasteiger partial charge in [-0.1, -0.05) is 19.6 Å². The van der Waals surface area contributed by atoms with E-state index in [-0.39, 0.29) is 28.6 Å². The number of hydrogen-bond acceptors (Lipinski definition) is 5. The van der Waals surface area contributed by atoms with E-state index in [9.17, 15) is 22.8 Å². The lowest BCUT2D eigenvalue weighted by atomic mass is 9.82. The Kier molecular flexibility index (Phi) is 6.57. The first-order valence-corrected chi connectivity index (χ1v) is 11.2. The van der Waals surface area contributed by atoms with Gasteiger partial charge < -0.3 is 9.47 Å². The molecular formula is C25H24F4N2O4. The number of carbonyl (C=O) groups excluding carboxylic acids is 2. The van der Waals surface area contributed by atoms with E-state index in [0.717, 1.165) is 37.2 Å². The number of nitrogens with zero attached hydrogens (tertiary/aromatic N) is 2. The van der Waals surface area contributed by atoms with E-state index in [4.69, 9.17) is 9.47 Å². The number of amides is 1. The van der Waals surface area contributed by atoms with Crippen molar-refractivity contribution >= 4 is 23.6 Å². The Labute approximate surface area is 199 Å². The maximum Gasteiger partial charge on any atom is 0.421 e. The minimum atomic E-state index is -4.83. The van der Waals surface area contributed by atoms with Crippen LogP contribution in [0.4, 0.5) is 23.2 Å². The number of benzene rings is 1. The van der Waals surface area contributed by atoms with Crippen molar-refractivity contribution in [2.75, 3.05) is 4.90 Å². The third-order valence-electron chi connectivity index (χ3n) is 6.39. The Bertz CT molecular complexity index is 1170. The van der Waals surface area contributed by atoms with Crippen LogP contribution in [0.1, 0.15) is 61.0 Å². The minimum absolute atomic E-state index is 0.00627. The van der Waals surface area contributed by atoms with Gasteiger partial charge in [0, 0.05) is 24.2 Å². The van der Waals surface area contributed by atoms with Crippen molar-refractivity contribution < 1.29 is 36.6 Å². The van der Waals surface area contributed by atoms with Gasteiger partial charge in [0.2, 0.25) is 11.8 Å². The first-order chi connectivity index (χ1) is 16.5. The van der Waals surface area contributed by atoms with E-state index < -0.39 is 41.4 Å². The van der Waals surface area contributed by atoms with E-state index >= 15 is 4.39 Å². The van der Waals surface area contributed by atoms with Crippen LogP contribution in [0.2, 0.25) is 0 Å². The second-order valence-corrected chi connectivity index (χ2v) is 8.89. The molecule has 0 bridgehead atoms. The highest BCUT2D eigenvalue weighted by Crippen LogP contribution is 2.41. The summed E-state index contributed by atoms with van der Waals surface area (Å²) >= 11 is 0. The topological polar surface area (TPSA) is 68.7 Å². The highest BCUT2D eigenvalue weighted by molar-refractivity contribution is 6.06. The molecule has 1 unspecified atom stereocenters. The maximum absolute atomic E-state index is 15.1. The van der Waals surface area contributed by atoms with Crippen molar-refractivity contribution in [2.24, 2.45) is 11.8 Å². The highest BCUT2D eigenvalue weighted by atomic mass is 19.4. The molecule has 1 aromatic carbocycles. The zero-order chi connectivity index (χ0) is 25.5. The van der Waals surface area contributed by atoms with Gasteiger partial charge in [-0.3, -0.25) is 9.69 Å². The molecule has 2 heterocycles. The van der Waals surface area contributed by atoms with Gasteiger partial charge >= 0.3 is 12.1 Å². The van der Waals surface area contributed by atoms with E-state index in [1.165, 1.54) is 17.9 Å². The van der Waals surface area contributed by atoms with Crippen molar-refractivity contribution in [3.05, 3.63) is 53.5 Å². The van der Waals surface area contributed by atoms with Crippen LogP contribution in [0.15, 0.2) is 31.0 Å². The van der Waals surface area contributed by atoms with Crippen LogP contribution in [-0.2, 0) is 15.7 Å². The number of halogens is 4. The van der Waals surface area contributed by atoms with Crippen molar-refractivity contribution in [3.63, 3.8) is 0 Å². The standard InChI is InChI=1S/C25H24F4N2O4/c1-4-15-9-18(25(27,28)29)22(30-12-15)35-21-10-17-20(11-19(21)26)31(14(3)34-24(17)33)23(32)16-7-5-13(2)6-8-16/h4,9-14,16H,1,5-8H2,2-3H3. The molecule has 1 aliphatic heterocycles. The summed E-state index contributed by atoms with van der Waals surface area (Å²) in [5, 5.41) is 0. The fraction of sp³-hybridized carbons (Fsp3) is 0.400. The summed E-state index contributed by atoms with van der Waals surface area (Å²) in [5.74, 6) is -3.50. The summed E-state index contributed by atoms with van der Waals surface area (Å²) in [4.78, 5) is 30.7. The quantitative estimate of drug-likeness (QED) is 0.368. The molecule has 2 aliphatic rings. The van der Waals surface area contributed by atoms with Crippen molar-refractivity contribution in [1.29, 1.82) is 0 Å². The molecule has 6 nitrogen and oxygen atoms in total. The first-order valence-electron chi connectivity index (χ1n) is 11.2. The van der Waals surface area contributed by atoms with E-state index in [2.05, 4.69) is 18.5 Å². The number of fused-ring (bicyclic) bond motifs is 1. The average Bonchev–Trinajstić information content (AvgIpc) is 2.80. The molecular weight excluding hydrogens is 468 g/mol. The highest BCUT2D eigenvalue weighted by Gasteiger charge is 2.40. The van der Waals surface area contributed by atoms with Gasteiger partial charge in [-0.05, 0) is 50.2 Å². The molecule has 10 heteroatoms. The smallest absolute Gasteiger partial charge is 0.421 e. The first kappa shape index (κ1) is 24.7. The Balaban J connectivity index is 1.71. The summed E-state index contributed by atoms with van der Waals surface area (Å²) in [5.41, 5.74) is -1.33. The third-order valence-corrected chi connectivity index (χ3v) is 6.39. The Hall–Kier alpha value is -3.43. The number of carbonyl (C=O) groups is 2. The number of aromatic nitrogens is 1. The van der Waals surface area contributed by atoms with E-state index in [1.54, 1.807) is 0 Å². The number of ether oxygens (including phenoxy) is 2. The normalized spacial score (nSPS) is 22.3. The minimum Gasteiger partial charge on any atom is -0.438 e. The zero-order valence-electron chi connectivity index (χ0n) is 19.2. The summed E-state index contributed by atoms with van der Waals surface area (Å²) in [6.45, 7) is 7.03. The van der Waals surface area contributed by atoms with Crippen LogP contribution in [0, 0.1) is 17.7 Å². The maximum atomic E-state index is 15.1. The van der Waals surface area contributed by atoms with Crippen LogP contribution in [0.5, 0.6) is 11.6 Å². The number of pyridine rings is 1. The van der Waals surface area contributed by atoms with E-state index in [0.29, 0.717) is 18.8 Å². The molecule has 4 rings (SSSR count). The summed E-state index contributed by atoms with van der Waals surface area (Å²) in [7, 11) is 0. The van der Waals surface area contributed by atoms with Gasteiger partial charge in [-0.2, -0.15) is 13.2 Å². The van der Waals surface area contributed by atoms with Crippen molar-refractivity contribution in [2.45, 2.75) is 51.9 Å². The number of rotatable bonds is 4. The number of esters is 1. The van der Waals surface area contributed by atoms with Crippen LogP contribution < -0.4 is 9.64 Å². The van der Waals surface area contributed by atoms with Crippen LogP contribution in [0.3, 0.4) is 0 Å². The largest absolute Gasteiger partial charge is 0.438 e. The predicted molar refractivity (Wildman–Crippen MR) is 119 cm³/mol. The lowest BCUT2D eigenvalue weighted by Gasteiger charge is -2.37. The molecule has 2 aromatic rings. The molecule has 35 heavy (non-hydrogen) atoms. The molecule has 0 spiro atoms. The summed E-state index contributed by atoms with van der Waals surface area (Å²) in [6, 6.07) is 2.62. The SMILES string of the molecule is C=Cc1cnc(Oc2cc3c(cc2F)N(C(=O)C2CCC(C)CC2)C(C)OC3=O)c(C(F)(F)F)c1. The van der Waals surface area contributed by atoms with Gasteiger partial charge in [0.1, 0.15) is 5.56 Å². The monoisotopic (exact) mass is 492 g/mol. The molecule has 0 radical (unpaired) electrons. The van der Waals surface area contributed by atoms with Gasteiger partial charge in [0.25, 0.3) is 0 Å². The second-order valence-electron chi connectivity index (χ2n) is 8.89. The average molecular weight is 492 g/mol. The Morgan fingerprint density at radius 2 is 1.89 bits per heavy atom. The summed E-state index contributed by atoms with van der Waals surface area (Å²) < 4.78 is 66.1. The van der Waals surface area contributed by atoms with Gasteiger partial charge in [0.05, 0.1) is 11.3 Å². The Morgan fingerprint density at radius 1 is 1.20 bits per heavy atom. The molecule has 186 valence electrons. The van der Waals surface area contributed by atoms with Gasteiger partial charge in [-0.25, -0.2) is 14.2 Å². The molecule has 1 aromatic heterocycles. The molecule has 1 fully saturated rings. The van der Waals surface area contributed by atoms with Crippen LogP contribution >= 0.6 is 0 Å². The number of anilines is 1. The molecule has 1 atom stereocenters. The molecule has 1 saturated carbocycles. The lowest BCUT2D eigenvalue weighted by molar-refractivity contribution is -0.139. The molecule has 0 N–H and O–H groups in total. The van der Waals surface area contributed by atoms with Crippen LogP contribution in [-0.4, -0.2) is 23.1 Å². The fourth-order valence-electron chi connectivity index (χ4n) is 4.42. The number of cyclic esters (lactones) is 1. The van der Waals surface area contributed by atoms with Gasteiger partial charge in [-0.15, -0.1) is 0 Å². The molecule has 0 saturated heterocycles. The number of alkyl halides is 3. The van der Waals surface area contributed by atoms with E-state index in [1.807, 2.05) is 0 Å². The Morgan fingerprint density at radius 3 is 2.51 bits per heavy atom. The third kappa shape index (κ3) is 4.87. The van der Waals surface area contributed by atoms with Gasteiger partial charge in [0.15, 0.2) is 17.8 Å².